The minimum absolute atomic E-state index is 0.463. The third-order valence-corrected chi connectivity index (χ3v) is 4.93. The molecule has 0 saturated heterocycles. The summed E-state index contributed by atoms with van der Waals surface area (Å²) < 4.78 is 0. The fourth-order valence-corrected chi connectivity index (χ4v) is 3.87. The summed E-state index contributed by atoms with van der Waals surface area (Å²) in [4.78, 5) is 16.3. The Bertz CT molecular complexity index is 427. The Kier molecular flexibility index (Phi) is 4.38. The van der Waals surface area contributed by atoms with Crippen LogP contribution in [-0.2, 0) is 6.42 Å². The Balaban J connectivity index is 2.22. The van der Waals surface area contributed by atoms with Gasteiger partial charge in [0.25, 0.3) is 0 Å². The van der Waals surface area contributed by atoms with E-state index < -0.39 is 5.97 Å². The van der Waals surface area contributed by atoms with Crippen molar-refractivity contribution < 1.29 is 9.90 Å². The van der Waals surface area contributed by atoms with E-state index in [4.69, 9.17) is 0 Å². The van der Waals surface area contributed by atoms with Crippen molar-refractivity contribution in [3.8, 4) is 0 Å². The van der Waals surface area contributed by atoms with Crippen molar-refractivity contribution in [3.05, 3.63) is 15.6 Å². The Labute approximate surface area is 112 Å². The average Bonchev–Trinajstić information content (AvgIpc) is 2.74. The lowest BCUT2D eigenvalue weighted by Crippen LogP contribution is -2.11. The standard InChI is InChI=1S/C14H21NO2S/c1-3-5-11-12(14(16)17)18-13(15-11)10-7-4-6-9(2)8-10/h9-10H,3-8H2,1-2H3,(H,16,17). The van der Waals surface area contributed by atoms with Gasteiger partial charge < -0.3 is 5.11 Å². The fourth-order valence-electron chi connectivity index (χ4n) is 2.78. The topological polar surface area (TPSA) is 50.2 Å². The number of hydrogen-bond donors (Lipinski definition) is 1. The number of carbonyl (C=O) groups is 1. The van der Waals surface area contributed by atoms with Crippen LogP contribution in [0.25, 0.3) is 0 Å². The van der Waals surface area contributed by atoms with Crippen molar-refractivity contribution in [3.63, 3.8) is 0 Å². The smallest absolute Gasteiger partial charge is 0.347 e. The van der Waals surface area contributed by atoms with E-state index >= 15 is 0 Å². The van der Waals surface area contributed by atoms with Gasteiger partial charge in [0.1, 0.15) is 4.88 Å². The Hall–Kier alpha value is -0.900. The molecule has 2 rings (SSSR count). The number of rotatable bonds is 4. The number of aromatic carboxylic acids is 1. The molecule has 1 saturated carbocycles. The molecule has 2 atom stereocenters. The summed E-state index contributed by atoms with van der Waals surface area (Å²) >= 11 is 1.41. The van der Waals surface area contributed by atoms with Crippen LogP contribution in [-0.4, -0.2) is 16.1 Å². The predicted molar refractivity (Wildman–Crippen MR) is 73.4 cm³/mol. The molecule has 4 heteroatoms. The third kappa shape index (κ3) is 2.91. The molecule has 0 aliphatic heterocycles. The Morgan fingerprint density at radius 1 is 1.50 bits per heavy atom. The molecule has 0 spiro atoms. The van der Waals surface area contributed by atoms with Crippen molar-refractivity contribution >= 4 is 17.3 Å². The van der Waals surface area contributed by atoms with Crippen LogP contribution in [0.5, 0.6) is 0 Å². The van der Waals surface area contributed by atoms with Gasteiger partial charge in [-0.25, -0.2) is 9.78 Å². The SMILES string of the molecule is CCCc1nc(C2CCCC(C)C2)sc1C(=O)O. The molecule has 2 unspecified atom stereocenters. The van der Waals surface area contributed by atoms with Crippen molar-refractivity contribution in [1.82, 2.24) is 4.98 Å². The Morgan fingerprint density at radius 2 is 2.28 bits per heavy atom. The van der Waals surface area contributed by atoms with E-state index in [9.17, 15) is 9.90 Å². The van der Waals surface area contributed by atoms with Gasteiger partial charge in [-0.3, -0.25) is 0 Å². The average molecular weight is 267 g/mol. The van der Waals surface area contributed by atoms with E-state index in [1.165, 1.54) is 30.6 Å². The van der Waals surface area contributed by atoms with Crippen LogP contribution in [0.2, 0.25) is 0 Å². The minimum Gasteiger partial charge on any atom is -0.477 e. The predicted octanol–water partition coefficient (Wildman–Crippen LogP) is 4.09. The maximum atomic E-state index is 11.2. The van der Waals surface area contributed by atoms with Gasteiger partial charge in [0.15, 0.2) is 0 Å². The fraction of sp³-hybridized carbons (Fsp3) is 0.714. The number of nitrogens with zero attached hydrogens (tertiary/aromatic N) is 1. The van der Waals surface area contributed by atoms with Gasteiger partial charge in [0.2, 0.25) is 0 Å². The molecule has 1 aliphatic carbocycles. The van der Waals surface area contributed by atoms with Crippen LogP contribution < -0.4 is 0 Å². The third-order valence-electron chi connectivity index (χ3n) is 3.68. The van der Waals surface area contributed by atoms with Gasteiger partial charge in [-0.15, -0.1) is 11.3 Å². The van der Waals surface area contributed by atoms with E-state index in [-0.39, 0.29) is 0 Å². The van der Waals surface area contributed by atoms with Crippen LogP contribution in [0.3, 0.4) is 0 Å². The van der Waals surface area contributed by atoms with Gasteiger partial charge in [-0.2, -0.15) is 0 Å². The summed E-state index contributed by atoms with van der Waals surface area (Å²) in [7, 11) is 0. The van der Waals surface area contributed by atoms with Crippen LogP contribution in [0.4, 0.5) is 0 Å². The van der Waals surface area contributed by atoms with Crippen molar-refractivity contribution in [2.45, 2.75) is 58.3 Å². The van der Waals surface area contributed by atoms with Crippen molar-refractivity contribution in [2.75, 3.05) is 0 Å². The number of aromatic nitrogens is 1. The van der Waals surface area contributed by atoms with E-state index in [0.717, 1.165) is 35.9 Å². The summed E-state index contributed by atoms with van der Waals surface area (Å²) in [6, 6.07) is 0. The summed E-state index contributed by atoms with van der Waals surface area (Å²) in [5.41, 5.74) is 0.795. The maximum Gasteiger partial charge on any atom is 0.347 e. The minimum atomic E-state index is -0.814. The van der Waals surface area contributed by atoms with E-state index in [2.05, 4.69) is 18.8 Å². The first kappa shape index (κ1) is 13.5. The summed E-state index contributed by atoms with van der Waals surface area (Å²) in [5.74, 6) is 0.420. The number of aryl methyl sites for hydroxylation is 1. The normalized spacial score (nSPS) is 24.1. The quantitative estimate of drug-likeness (QED) is 0.894. The zero-order chi connectivity index (χ0) is 13.1. The first-order valence-electron chi connectivity index (χ1n) is 6.84. The molecule has 0 radical (unpaired) electrons. The molecule has 0 amide bonds. The lowest BCUT2D eigenvalue weighted by atomic mass is 9.83. The highest BCUT2D eigenvalue weighted by molar-refractivity contribution is 7.13. The van der Waals surface area contributed by atoms with Crippen molar-refractivity contribution in [1.29, 1.82) is 0 Å². The number of hydrogen-bond acceptors (Lipinski definition) is 3. The zero-order valence-corrected chi connectivity index (χ0v) is 11.9. The van der Waals surface area contributed by atoms with E-state index in [0.29, 0.717) is 10.8 Å². The first-order chi connectivity index (χ1) is 8.61. The van der Waals surface area contributed by atoms with Crippen LogP contribution in [0.15, 0.2) is 0 Å². The molecule has 0 bridgehead atoms. The molecule has 1 aromatic heterocycles. The largest absolute Gasteiger partial charge is 0.477 e. The monoisotopic (exact) mass is 267 g/mol. The molecular weight excluding hydrogens is 246 g/mol. The summed E-state index contributed by atoms with van der Waals surface area (Å²) in [5, 5.41) is 10.3. The molecule has 100 valence electrons. The lowest BCUT2D eigenvalue weighted by molar-refractivity contribution is 0.0700. The number of thiazole rings is 1. The molecule has 1 fully saturated rings. The summed E-state index contributed by atoms with van der Waals surface area (Å²) in [6.07, 6.45) is 6.61. The highest BCUT2D eigenvalue weighted by Crippen LogP contribution is 2.38. The summed E-state index contributed by atoms with van der Waals surface area (Å²) in [6.45, 7) is 4.35. The van der Waals surface area contributed by atoms with Gasteiger partial charge in [-0.05, 0) is 25.2 Å². The second-order valence-electron chi connectivity index (χ2n) is 5.35. The highest BCUT2D eigenvalue weighted by atomic mass is 32.1. The van der Waals surface area contributed by atoms with Gasteiger partial charge in [0, 0.05) is 5.92 Å². The second-order valence-corrected chi connectivity index (χ2v) is 6.38. The highest BCUT2D eigenvalue weighted by Gasteiger charge is 2.26. The molecule has 1 heterocycles. The molecule has 1 aromatic rings. The van der Waals surface area contributed by atoms with Crippen molar-refractivity contribution in [2.24, 2.45) is 5.92 Å². The van der Waals surface area contributed by atoms with Gasteiger partial charge in [-0.1, -0.05) is 33.1 Å². The van der Waals surface area contributed by atoms with Crippen LogP contribution >= 0.6 is 11.3 Å². The second kappa shape index (κ2) is 5.83. The zero-order valence-electron chi connectivity index (χ0n) is 11.1. The molecule has 18 heavy (non-hydrogen) atoms. The molecule has 1 aliphatic rings. The van der Waals surface area contributed by atoms with Gasteiger partial charge in [0.05, 0.1) is 10.7 Å². The van der Waals surface area contributed by atoms with Crippen LogP contribution in [0.1, 0.15) is 72.2 Å². The van der Waals surface area contributed by atoms with E-state index in [1.807, 2.05) is 0 Å². The first-order valence-corrected chi connectivity index (χ1v) is 7.66. The number of carboxylic acid groups (broad SMARTS) is 1. The molecular formula is C14H21NO2S. The molecule has 3 nitrogen and oxygen atoms in total. The van der Waals surface area contributed by atoms with Crippen LogP contribution in [0, 0.1) is 5.92 Å². The molecule has 0 aromatic carbocycles. The van der Waals surface area contributed by atoms with E-state index in [1.54, 1.807) is 0 Å². The Morgan fingerprint density at radius 3 is 2.89 bits per heavy atom. The lowest BCUT2D eigenvalue weighted by Gasteiger charge is -2.24. The number of carboxylic acids is 1. The van der Waals surface area contributed by atoms with Gasteiger partial charge >= 0.3 is 5.97 Å². The maximum absolute atomic E-state index is 11.2. The molecule has 1 N–H and O–H groups in total.